The van der Waals surface area contributed by atoms with Crippen LogP contribution in [-0.2, 0) is 6.54 Å². The summed E-state index contributed by atoms with van der Waals surface area (Å²) in [6, 6.07) is 8.47. The van der Waals surface area contributed by atoms with E-state index in [9.17, 15) is 0 Å². The topological polar surface area (TPSA) is 50.5 Å². The molecule has 3 rings (SSSR count). The lowest BCUT2D eigenvalue weighted by atomic mass is 10.3. The first-order valence-corrected chi connectivity index (χ1v) is 6.84. The number of nitrogens with one attached hydrogen (secondary N) is 1. The maximum absolute atomic E-state index is 5.64. The molecule has 5 nitrogen and oxygen atoms in total. The molecule has 0 bridgehead atoms. The maximum atomic E-state index is 5.64. The van der Waals surface area contributed by atoms with Gasteiger partial charge in [-0.3, -0.25) is 0 Å². The highest BCUT2D eigenvalue weighted by Crippen LogP contribution is 2.25. The molecule has 20 heavy (non-hydrogen) atoms. The van der Waals surface area contributed by atoms with Crippen molar-refractivity contribution in [1.82, 2.24) is 10.3 Å². The SMILES string of the molecule is CN(C)c1cccc(Oc2nc(CNC3CC3)co2)c1. The molecule has 1 aromatic heterocycles. The van der Waals surface area contributed by atoms with Crippen molar-refractivity contribution in [3.05, 3.63) is 36.2 Å². The quantitative estimate of drug-likeness (QED) is 0.877. The summed E-state index contributed by atoms with van der Waals surface area (Å²) in [5, 5.41) is 3.39. The fourth-order valence-electron chi connectivity index (χ4n) is 1.88. The number of hydrogen-bond donors (Lipinski definition) is 1. The van der Waals surface area contributed by atoms with Gasteiger partial charge in [-0.25, -0.2) is 0 Å². The molecule has 0 aliphatic heterocycles. The smallest absolute Gasteiger partial charge is 0.399 e. The molecule has 0 atom stereocenters. The zero-order chi connectivity index (χ0) is 13.9. The van der Waals surface area contributed by atoms with E-state index in [1.165, 1.54) is 12.8 Å². The fourth-order valence-corrected chi connectivity index (χ4v) is 1.88. The molecule has 1 aliphatic carbocycles. The Kier molecular flexibility index (Phi) is 3.60. The summed E-state index contributed by atoms with van der Waals surface area (Å²) in [6.45, 7) is 0.731. The van der Waals surface area contributed by atoms with Crippen molar-refractivity contribution in [2.75, 3.05) is 19.0 Å². The molecule has 0 radical (unpaired) electrons. The van der Waals surface area contributed by atoms with Crippen molar-refractivity contribution in [3.8, 4) is 11.8 Å². The van der Waals surface area contributed by atoms with Crippen LogP contribution in [-0.4, -0.2) is 25.1 Å². The van der Waals surface area contributed by atoms with Gasteiger partial charge in [0.1, 0.15) is 12.0 Å². The normalized spacial score (nSPS) is 14.3. The van der Waals surface area contributed by atoms with Crippen molar-refractivity contribution >= 4 is 5.69 Å². The second-order valence-corrected chi connectivity index (χ2v) is 5.25. The Morgan fingerprint density at radius 2 is 2.25 bits per heavy atom. The molecule has 1 fully saturated rings. The molecule has 1 heterocycles. The number of anilines is 1. The van der Waals surface area contributed by atoms with E-state index in [0.717, 1.165) is 23.7 Å². The van der Waals surface area contributed by atoms with E-state index in [1.54, 1.807) is 6.26 Å². The van der Waals surface area contributed by atoms with E-state index in [-0.39, 0.29) is 6.08 Å². The summed E-state index contributed by atoms with van der Waals surface area (Å²) < 4.78 is 11.0. The molecule has 1 N–H and O–H groups in total. The third-order valence-corrected chi connectivity index (χ3v) is 3.22. The van der Waals surface area contributed by atoms with Gasteiger partial charge in [-0.2, -0.15) is 4.98 Å². The van der Waals surface area contributed by atoms with Gasteiger partial charge >= 0.3 is 6.08 Å². The first-order valence-electron chi connectivity index (χ1n) is 6.84. The Morgan fingerprint density at radius 3 is 3.00 bits per heavy atom. The number of hydrogen-bond acceptors (Lipinski definition) is 5. The van der Waals surface area contributed by atoms with Crippen LogP contribution in [0, 0.1) is 0 Å². The zero-order valence-corrected chi connectivity index (χ0v) is 11.8. The van der Waals surface area contributed by atoms with Gasteiger partial charge in [0.25, 0.3) is 0 Å². The fraction of sp³-hybridized carbons (Fsp3) is 0.400. The Morgan fingerprint density at radius 1 is 1.40 bits per heavy atom. The number of oxazole rings is 1. The number of rotatable bonds is 6. The highest BCUT2D eigenvalue weighted by atomic mass is 16.6. The average molecular weight is 273 g/mol. The monoisotopic (exact) mass is 273 g/mol. The van der Waals surface area contributed by atoms with Gasteiger partial charge in [0, 0.05) is 38.4 Å². The molecule has 0 saturated heterocycles. The number of ether oxygens (including phenoxy) is 1. The van der Waals surface area contributed by atoms with Crippen LogP contribution in [0.5, 0.6) is 11.8 Å². The number of nitrogens with zero attached hydrogens (tertiary/aromatic N) is 2. The van der Waals surface area contributed by atoms with Gasteiger partial charge in [0.2, 0.25) is 0 Å². The molecule has 1 aromatic carbocycles. The highest BCUT2D eigenvalue weighted by Gasteiger charge is 2.20. The van der Waals surface area contributed by atoms with E-state index in [1.807, 2.05) is 43.3 Å². The van der Waals surface area contributed by atoms with E-state index in [4.69, 9.17) is 9.15 Å². The van der Waals surface area contributed by atoms with E-state index in [0.29, 0.717) is 6.04 Å². The summed E-state index contributed by atoms with van der Waals surface area (Å²) in [4.78, 5) is 6.34. The number of benzene rings is 1. The first-order chi connectivity index (χ1) is 9.70. The van der Waals surface area contributed by atoms with Gasteiger partial charge in [0.05, 0.1) is 5.69 Å². The summed E-state index contributed by atoms with van der Waals surface area (Å²) in [5.74, 6) is 0.722. The van der Waals surface area contributed by atoms with Crippen LogP contribution in [0.25, 0.3) is 0 Å². The van der Waals surface area contributed by atoms with Gasteiger partial charge in [0.15, 0.2) is 0 Å². The van der Waals surface area contributed by atoms with E-state index < -0.39 is 0 Å². The molecule has 0 amide bonds. The minimum absolute atomic E-state index is 0.286. The molecule has 0 spiro atoms. The Bertz CT molecular complexity index is 576. The van der Waals surface area contributed by atoms with Gasteiger partial charge in [-0.05, 0) is 25.0 Å². The molecule has 1 aliphatic rings. The highest BCUT2D eigenvalue weighted by molar-refractivity contribution is 5.49. The summed E-state index contributed by atoms with van der Waals surface area (Å²) >= 11 is 0. The second-order valence-electron chi connectivity index (χ2n) is 5.25. The van der Waals surface area contributed by atoms with Gasteiger partial charge in [-0.1, -0.05) is 6.07 Å². The van der Waals surface area contributed by atoms with Crippen LogP contribution in [0.1, 0.15) is 18.5 Å². The third-order valence-electron chi connectivity index (χ3n) is 3.22. The van der Waals surface area contributed by atoms with Crippen LogP contribution in [0.4, 0.5) is 5.69 Å². The first kappa shape index (κ1) is 13.0. The average Bonchev–Trinajstić information content (AvgIpc) is 3.17. The van der Waals surface area contributed by atoms with Crippen molar-refractivity contribution in [2.24, 2.45) is 0 Å². The maximum Gasteiger partial charge on any atom is 0.399 e. The Hall–Kier alpha value is -2.01. The summed E-state index contributed by atoms with van der Waals surface area (Å²) in [5.41, 5.74) is 1.94. The molecule has 5 heteroatoms. The van der Waals surface area contributed by atoms with E-state index in [2.05, 4.69) is 10.3 Å². The summed E-state index contributed by atoms with van der Waals surface area (Å²) in [6.07, 6.45) is 4.45. The molecular formula is C15H19N3O2. The van der Waals surface area contributed by atoms with Crippen LogP contribution in [0.3, 0.4) is 0 Å². The van der Waals surface area contributed by atoms with Gasteiger partial charge < -0.3 is 19.4 Å². The van der Waals surface area contributed by atoms with Crippen molar-refractivity contribution in [1.29, 1.82) is 0 Å². The van der Waals surface area contributed by atoms with Crippen molar-refractivity contribution < 1.29 is 9.15 Å². The van der Waals surface area contributed by atoms with Crippen LogP contribution >= 0.6 is 0 Å². The molecule has 106 valence electrons. The lowest BCUT2D eigenvalue weighted by Crippen LogP contribution is -2.15. The Balaban J connectivity index is 1.63. The lowest BCUT2D eigenvalue weighted by molar-refractivity contribution is 0.331. The molecule has 2 aromatic rings. The van der Waals surface area contributed by atoms with Gasteiger partial charge in [-0.15, -0.1) is 0 Å². The molecule has 1 saturated carbocycles. The predicted octanol–water partition coefficient (Wildman–Crippen LogP) is 2.78. The lowest BCUT2D eigenvalue weighted by Gasteiger charge is -2.12. The van der Waals surface area contributed by atoms with Crippen molar-refractivity contribution in [2.45, 2.75) is 25.4 Å². The predicted molar refractivity (Wildman–Crippen MR) is 77.2 cm³/mol. The van der Waals surface area contributed by atoms with Crippen molar-refractivity contribution in [3.63, 3.8) is 0 Å². The van der Waals surface area contributed by atoms with Crippen LogP contribution in [0.2, 0.25) is 0 Å². The minimum atomic E-state index is 0.286. The molecular weight excluding hydrogens is 254 g/mol. The largest absolute Gasteiger partial charge is 0.417 e. The van der Waals surface area contributed by atoms with Crippen LogP contribution in [0.15, 0.2) is 34.9 Å². The number of aromatic nitrogens is 1. The third kappa shape index (κ3) is 3.30. The second kappa shape index (κ2) is 5.54. The standard InChI is InChI=1S/C15H19N3O2/c1-18(2)13-4-3-5-14(8-13)20-15-17-12(10-19-15)9-16-11-6-7-11/h3-5,8,10-11,16H,6-7,9H2,1-2H3. The minimum Gasteiger partial charge on any atom is -0.417 e. The molecule has 0 unspecified atom stereocenters. The van der Waals surface area contributed by atoms with Crippen LogP contribution < -0.4 is 15.0 Å². The van der Waals surface area contributed by atoms with E-state index >= 15 is 0 Å². The Labute approximate surface area is 118 Å². The summed E-state index contributed by atoms with van der Waals surface area (Å²) in [7, 11) is 3.98. The zero-order valence-electron chi connectivity index (χ0n) is 11.8.